The van der Waals surface area contributed by atoms with Crippen molar-refractivity contribution < 1.29 is 18.3 Å². The number of aliphatic hydroxyl groups is 1. The Labute approximate surface area is 170 Å². The summed E-state index contributed by atoms with van der Waals surface area (Å²) in [6, 6.07) is 19.2. The molecular weight excluding hydrogens is 395 g/mol. The molecule has 0 bridgehead atoms. The lowest BCUT2D eigenvalue weighted by Gasteiger charge is -2.18. The van der Waals surface area contributed by atoms with Crippen LogP contribution in [0.2, 0.25) is 0 Å². The first-order valence-corrected chi connectivity index (χ1v) is 9.16. The highest BCUT2D eigenvalue weighted by molar-refractivity contribution is 5.58. The number of rotatable bonds is 6. The van der Waals surface area contributed by atoms with Gasteiger partial charge >= 0.3 is 6.18 Å². The van der Waals surface area contributed by atoms with Gasteiger partial charge in [-0.3, -0.25) is 0 Å². The van der Waals surface area contributed by atoms with E-state index in [9.17, 15) is 18.3 Å². The molecule has 0 saturated heterocycles. The number of nitrogens with zero attached hydrogens (tertiary/aromatic N) is 3. The highest BCUT2D eigenvalue weighted by atomic mass is 19.4. The third-order valence-electron chi connectivity index (χ3n) is 4.53. The van der Waals surface area contributed by atoms with Gasteiger partial charge in [-0.1, -0.05) is 36.4 Å². The smallest absolute Gasteiger partial charge is 0.394 e. The molecule has 6 nitrogen and oxygen atoms in total. The molecule has 2 heterocycles. The summed E-state index contributed by atoms with van der Waals surface area (Å²) in [6.07, 6.45) is -4.39. The summed E-state index contributed by atoms with van der Waals surface area (Å²) in [5.41, 5.74) is 1.17. The predicted octanol–water partition coefficient (Wildman–Crippen LogP) is 4.64. The molecule has 0 saturated carbocycles. The SMILES string of the molecule is OC[C@@H](Nc1cccc2nc(Nc3ccc(C(F)(F)F)cc3)nn12)c1ccccc1. The number of halogens is 3. The van der Waals surface area contributed by atoms with Gasteiger partial charge in [-0.15, -0.1) is 5.10 Å². The maximum atomic E-state index is 12.7. The first kappa shape index (κ1) is 19.7. The minimum atomic E-state index is -4.39. The minimum absolute atomic E-state index is 0.119. The molecule has 4 aromatic rings. The molecule has 0 fully saturated rings. The molecule has 2 aromatic heterocycles. The molecule has 1 atom stereocenters. The topological polar surface area (TPSA) is 74.5 Å². The molecular formula is C21H18F3N5O. The second-order valence-corrected chi connectivity index (χ2v) is 6.61. The molecule has 4 rings (SSSR count). The number of aliphatic hydroxyl groups excluding tert-OH is 1. The van der Waals surface area contributed by atoms with Crippen LogP contribution in [0, 0.1) is 0 Å². The Bertz CT molecular complexity index is 1130. The zero-order valence-corrected chi connectivity index (χ0v) is 15.6. The van der Waals surface area contributed by atoms with Gasteiger partial charge in [0.25, 0.3) is 0 Å². The van der Waals surface area contributed by atoms with Crippen LogP contribution in [0.25, 0.3) is 5.65 Å². The van der Waals surface area contributed by atoms with E-state index in [-0.39, 0.29) is 18.6 Å². The van der Waals surface area contributed by atoms with Gasteiger partial charge < -0.3 is 15.7 Å². The van der Waals surface area contributed by atoms with Gasteiger partial charge in [-0.2, -0.15) is 22.7 Å². The summed E-state index contributed by atoms with van der Waals surface area (Å²) in [7, 11) is 0. The maximum Gasteiger partial charge on any atom is 0.416 e. The van der Waals surface area contributed by atoms with E-state index in [1.54, 1.807) is 22.7 Å². The van der Waals surface area contributed by atoms with Crippen LogP contribution in [0.3, 0.4) is 0 Å². The lowest BCUT2D eigenvalue weighted by molar-refractivity contribution is -0.137. The van der Waals surface area contributed by atoms with Crippen molar-refractivity contribution >= 4 is 23.1 Å². The van der Waals surface area contributed by atoms with Gasteiger partial charge in [-0.25, -0.2) is 0 Å². The van der Waals surface area contributed by atoms with Crippen LogP contribution in [0.15, 0.2) is 72.8 Å². The van der Waals surface area contributed by atoms with Crippen molar-refractivity contribution in [3.8, 4) is 0 Å². The number of nitrogens with one attached hydrogen (secondary N) is 2. The number of alkyl halides is 3. The fourth-order valence-electron chi connectivity index (χ4n) is 3.04. The molecule has 0 aliphatic carbocycles. The van der Waals surface area contributed by atoms with Crippen LogP contribution in [-0.4, -0.2) is 26.3 Å². The van der Waals surface area contributed by atoms with Crippen molar-refractivity contribution in [2.45, 2.75) is 12.2 Å². The van der Waals surface area contributed by atoms with Gasteiger partial charge in [0.05, 0.1) is 18.2 Å². The maximum absolute atomic E-state index is 12.7. The van der Waals surface area contributed by atoms with Crippen molar-refractivity contribution in [1.29, 1.82) is 0 Å². The van der Waals surface area contributed by atoms with E-state index in [0.717, 1.165) is 17.7 Å². The molecule has 0 aliphatic heterocycles. The molecule has 30 heavy (non-hydrogen) atoms. The lowest BCUT2D eigenvalue weighted by atomic mass is 10.1. The van der Waals surface area contributed by atoms with Gasteiger partial charge in [0.2, 0.25) is 5.95 Å². The fraction of sp³-hybridized carbons (Fsp3) is 0.143. The second-order valence-electron chi connectivity index (χ2n) is 6.61. The van der Waals surface area contributed by atoms with Crippen molar-refractivity contribution in [2.75, 3.05) is 17.2 Å². The van der Waals surface area contributed by atoms with E-state index in [4.69, 9.17) is 0 Å². The van der Waals surface area contributed by atoms with E-state index in [2.05, 4.69) is 20.7 Å². The van der Waals surface area contributed by atoms with Crippen LogP contribution in [-0.2, 0) is 6.18 Å². The number of fused-ring (bicyclic) bond motifs is 1. The van der Waals surface area contributed by atoms with Crippen LogP contribution in [0.4, 0.5) is 30.6 Å². The molecule has 0 aliphatic rings. The summed E-state index contributed by atoms with van der Waals surface area (Å²) < 4.78 is 39.7. The van der Waals surface area contributed by atoms with Crippen LogP contribution in [0.1, 0.15) is 17.2 Å². The van der Waals surface area contributed by atoms with Crippen molar-refractivity contribution in [2.24, 2.45) is 0 Å². The van der Waals surface area contributed by atoms with Crippen molar-refractivity contribution in [3.05, 3.63) is 83.9 Å². The standard InChI is InChI=1S/C21H18F3N5O/c22-21(23,24)15-9-11-16(12-10-15)25-20-27-19-8-4-7-18(29(19)28-20)26-17(13-30)14-5-2-1-3-6-14/h1-12,17,26,30H,13H2,(H,25,28)/t17-/m1/s1. The Morgan fingerprint density at radius 3 is 2.33 bits per heavy atom. The Morgan fingerprint density at radius 1 is 0.933 bits per heavy atom. The Balaban J connectivity index is 1.57. The molecule has 3 N–H and O–H groups in total. The summed E-state index contributed by atoms with van der Waals surface area (Å²) >= 11 is 0. The second kappa shape index (κ2) is 8.03. The Hall–Kier alpha value is -3.59. The quantitative estimate of drug-likeness (QED) is 0.430. The zero-order chi connectivity index (χ0) is 21.1. The van der Waals surface area contributed by atoms with Crippen molar-refractivity contribution in [3.63, 3.8) is 0 Å². The number of hydrogen-bond donors (Lipinski definition) is 3. The number of anilines is 3. The number of pyridine rings is 1. The van der Waals surface area contributed by atoms with Gasteiger partial charge in [-0.05, 0) is 42.0 Å². The average molecular weight is 413 g/mol. The molecule has 154 valence electrons. The van der Waals surface area contributed by atoms with Crippen LogP contribution >= 0.6 is 0 Å². The molecule has 0 unspecified atom stereocenters. The highest BCUT2D eigenvalue weighted by Crippen LogP contribution is 2.30. The Morgan fingerprint density at radius 2 is 1.67 bits per heavy atom. The predicted molar refractivity (Wildman–Crippen MR) is 108 cm³/mol. The average Bonchev–Trinajstić information content (AvgIpc) is 3.15. The first-order chi connectivity index (χ1) is 14.4. The highest BCUT2D eigenvalue weighted by Gasteiger charge is 2.30. The monoisotopic (exact) mass is 413 g/mol. The van der Waals surface area contributed by atoms with Crippen LogP contribution < -0.4 is 10.6 Å². The molecule has 0 radical (unpaired) electrons. The third kappa shape index (κ3) is 4.20. The molecule has 0 amide bonds. The van der Waals surface area contributed by atoms with E-state index >= 15 is 0 Å². The van der Waals surface area contributed by atoms with E-state index < -0.39 is 11.7 Å². The number of hydrogen-bond acceptors (Lipinski definition) is 5. The third-order valence-corrected chi connectivity index (χ3v) is 4.53. The molecule has 2 aromatic carbocycles. The zero-order valence-electron chi connectivity index (χ0n) is 15.6. The van der Waals surface area contributed by atoms with E-state index in [0.29, 0.717) is 17.2 Å². The molecule has 0 spiro atoms. The van der Waals surface area contributed by atoms with Crippen LogP contribution in [0.5, 0.6) is 0 Å². The van der Waals surface area contributed by atoms with Crippen molar-refractivity contribution in [1.82, 2.24) is 14.6 Å². The van der Waals surface area contributed by atoms with E-state index in [1.807, 2.05) is 30.3 Å². The number of benzene rings is 2. The fourth-order valence-corrected chi connectivity index (χ4v) is 3.04. The van der Waals surface area contributed by atoms with Gasteiger partial charge in [0.15, 0.2) is 5.65 Å². The first-order valence-electron chi connectivity index (χ1n) is 9.16. The van der Waals surface area contributed by atoms with Gasteiger partial charge in [0, 0.05) is 5.69 Å². The summed E-state index contributed by atoms with van der Waals surface area (Å²) in [6.45, 7) is -0.119. The normalized spacial score (nSPS) is 12.7. The number of aromatic nitrogens is 3. The van der Waals surface area contributed by atoms with Gasteiger partial charge in [0.1, 0.15) is 5.82 Å². The Kier molecular flexibility index (Phi) is 5.28. The minimum Gasteiger partial charge on any atom is -0.394 e. The lowest BCUT2D eigenvalue weighted by Crippen LogP contribution is -2.16. The largest absolute Gasteiger partial charge is 0.416 e. The summed E-state index contributed by atoms with van der Waals surface area (Å²) in [5.74, 6) is 0.854. The summed E-state index contributed by atoms with van der Waals surface area (Å²) in [4.78, 5) is 4.36. The summed E-state index contributed by atoms with van der Waals surface area (Å²) in [5, 5.41) is 20.3. The van der Waals surface area contributed by atoms with E-state index in [1.165, 1.54) is 12.1 Å². The molecule has 9 heteroatoms.